The average molecular weight is 404 g/mol. The normalized spacial score (nSPS) is 8.60. The van der Waals surface area contributed by atoms with Crippen LogP contribution in [0.25, 0.3) is 0 Å². The zero-order chi connectivity index (χ0) is 17.2. The minimum atomic E-state index is -0.659. The Morgan fingerprint density at radius 1 is 0.880 bits per heavy atom. The molecule has 0 saturated heterocycles. The first-order chi connectivity index (χ1) is 11.2. The maximum Gasteiger partial charge on any atom is 0.132 e. The molecule has 0 spiro atoms. The van der Waals surface area contributed by atoms with E-state index in [-0.39, 0.29) is 52.3 Å². The molecule has 0 aromatic carbocycles. The first kappa shape index (κ1) is 27.2. The Balaban J connectivity index is -0.0000000178. The van der Waals surface area contributed by atoms with Gasteiger partial charge in [-0.15, -0.1) is 0 Å². The van der Waals surface area contributed by atoms with Crippen LogP contribution in [-0.2, 0) is 0 Å². The summed E-state index contributed by atoms with van der Waals surface area (Å²) in [6.45, 7) is 4.14. The highest BCUT2D eigenvalue weighted by Gasteiger charge is 2.14. The van der Waals surface area contributed by atoms with Gasteiger partial charge in [0, 0.05) is 40.3 Å². The van der Waals surface area contributed by atoms with Crippen LogP contribution in [-0.4, -0.2) is 23.8 Å². The van der Waals surface area contributed by atoms with Crippen LogP contribution >= 0.6 is 0 Å². The van der Waals surface area contributed by atoms with Crippen molar-refractivity contribution in [3.8, 4) is 0 Å². The lowest BCUT2D eigenvalue weighted by atomic mass is 10.1. The molecule has 25 heavy (non-hydrogen) atoms. The summed E-state index contributed by atoms with van der Waals surface area (Å²) in [5.74, 6) is 0. The molecule has 0 unspecified atom stereocenters. The van der Waals surface area contributed by atoms with E-state index in [1.807, 2.05) is 0 Å². The summed E-state index contributed by atoms with van der Waals surface area (Å²) in [4.78, 5) is 0. The van der Waals surface area contributed by atoms with Crippen molar-refractivity contribution in [3.05, 3.63) is 87.2 Å². The quantitative estimate of drug-likeness (QED) is 0.451. The SMILES string of the molecule is C=C=C=C=C=C=C=C=C=C=C=C=C=C=C[C@H](O)[C@@H]([NH3+])CCC[NH3+].[Cl-].[Cl-].[HH].[HH].[HH].[HH].[HH].[HH].[HH].[HH].[HH].[HH].[HH].[HH].[HH].[HH].[HH]. The maximum atomic E-state index is 9.76. The molecular formula is C20H48Cl2N2O. The Bertz CT molecular complexity index is 923. The summed E-state index contributed by atoms with van der Waals surface area (Å²) in [6, 6.07) is -0.0794. The van der Waals surface area contributed by atoms with Crippen LogP contribution in [0.1, 0.15) is 34.2 Å². The Morgan fingerprint density at radius 2 is 1.32 bits per heavy atom. The second kappa shape index (κ2) is 21.3. The Kier molecular flexibility index (Phi) is 23.2. The molecule has 0 radical (unpaired) electrons. The maximum absolute atomic E-state index is 9.76. The summed E-state index contributed by atoms with van der Waals surface area (Å²) in [5.41, 5.74) is 40.3. The van der Waals surface area contributed by atoms with E-state index >= 15 is 0 Å². The van der Waals surface area contributed by atoms with Crippen LogP contribution < -0.4 is 36.3 Å². The summed E-state index contributed by atoms with van der Waals surface area (Å²) in [5, 5.41) is 9.76. The van der Waals surface area contributed by atoms with Crippen molar-refractivity contribution < 1.29 is 62.8 Å². The lowest BCUT2D eigenvalue weighted by Gasteiger charge is -2.09. The van der Waals surface area contributed by atoms with Crippen molar-refractivity contribution in [1.82, 2.24) is 0 Å². The van der Waals surface area contributed by atoms with Gasteiger partial charge in [-0.25, -0.2) is 0 Å². The second-order valence-electron chi connectivity index (χ2n) is 4.11. The van der Waals surface area contributed by atoms with Crippen LogP contribution in [0.5, 0.6) is 0 Å². The minimum Gasteiger partial charge on any atom is -1.00 e. The minimum absolute atomic E-state index is 0. The van der Waals surface area contributed by atoms with Crippen molar-refractivity contribution in [1.29, 1.82) is 0 Å². The molecule has 0 aromatic rings. The van der Waals surface area contributed by atoms with E-state index in [1.54, 1.807) is 0 Å². The molecule has 3 nitrogen and oxygen atoms in total. The third kappa shape index (κ3) is 19.3. The summed E-state index contributed by atoms with van der Waals surface area (Å²) in [7, 11) is 0. The molecule has 2 atom stereocenters. The number of halogens is 2. The van der Waals surface area contributed by atoms with Gasteiger partial charge in [-0.05, 0) is 69.6 Å². The number of aliphatic hydroxyl groups is 1. The van der Waals surface area contributed by atoms with Gasteiger partial charge in [0.25, 0.3) is 0 Å². The van der Waals surface area contributed by atoms with Crippen LogP contribution in [0.15, 0.2) is 87.2 Å². The lowest BCUT2D eigenvalue weighted by Crippen LogP contribution is -3.00. The molecule has 0 aromatic heterocycles. The van der Waals surface area contributed by atoms with Crippen molar-refractivity contribution in [2.45, 2.75) is 25.0 Å². The van der Waals surface area contributed by atoms with Gasteiger partial charge < -0.3 is 41.4 Å². The van der Waals surface area contributed by atoms with Gasteiger partial charge in [0.2, 0.25) is 0 Å². The molecule has 0 aliphatic carbocycles. The molecular weight excluding hydrogens is 355 g/mol. The van der Waals surface area contributed by atoms with E-state index in [9.17, 15) is 5.11 Å². The molecule has 0 rings (SSSR count). The Hall–Kier alpha value is -2.66. The van der Waals surface area contributed by atoms with E-state index in [1.165, 1.54) is 6.08 Å². The average Bonchev–Trinajstić information content (AvgIpc) is 2.56. The molecule has 5 heteroatoms. The van der Waals surface area contributed by atoms with E-state index in [2.05, 4.69) is 92.6 Å². The standard InChI is InChI=1S/C20H16N2O.2ClH.15H2/c1-2-3-4-5-6-7-8-9-10-11-12-13-14-17-20(23)19(22)16-15-18-21;;;;;;;;;;;;;;;;;/h17,19-20,23H,1,15-16,18,21-22H2;17*1H/t19-,20-;;;;;;;;;;;;;;;;;/m0................./s1. The predicted octanol–water partition coefficient (Wildman–Crippen LogP) is -2.12. The van der Waals surface area contributed by atoms with Crippen LogP contribution in [0, 0.1) is 0 Å². The van der Waals surface area contributed by atoms with E-state index in [0.717, 1.165) is 19.4 Å². The third-order valence-corrected chi connectivity index (χ3v) is 2.35. The zero-order valence-corrected chi connectivity index (χ0v) is 15.2. The van der Waals surface area contributed by atoms with E-state index < -0.39 is 6.10 Å². The third-order valence-electron chi connectivity index (χ3n) is 2.35. The molecule has 0 aliphatic rings. The highest BCUT2D eigenvalue weighted by atomic mass is 35.5. The first-order valence-corrected chi connectivity index (χ1v) is 6.88. The molecule has 0 bridgehead atoms. The monoisotopic (exact) mass is 402 g/mol. The zero-order valence-electron chi connectivity index (χ0n) is 13.7. The fourth-order valence-electron chi connectivity index (χ4n) is 1.20. The highest BCUT2D eigenvalue weighted by molar-refractivity contribution is 4.95. The molecule has 0 heterocycles. The van der Waals surface area contributed by atoms with Crippen molar-refractivity contribution >= 4 is 0 Å². The van der Waals surface area contributed by atoms with Gasteiger partial charge in [0.1, 0.15) is 12.1 Å². The second-order valence-corrected chi connectivity index (χ2v) is 4.11. The van der Waals surface area contributed by atoms with Crippen molar-refractivity contribution in [2.24, 2.45) is 0 Å². The van der Waals surface area contributed by atoms with Gasteiger partial charge in [-0.2, -0.15) is 0 Å². The van der Waals surface area contributed by atoms with Gasteiger partial charge >= 0.3 is 0 Å². The van der Waals surface area contributed by atoms with Crippen molar-refractivity contribution in [2.75, 3.05) is 6.54 Å². The molecule has 0 fully saturated rings. The summed E-state index contributed by atoms with van der Waals surface area (Å²) in [6.07, 6.45) is 2.58. The van der Waals surface area contributed by atoms with Crippen LogP contribution in [0.4, 0.5) is 0 Å². The topological polar surface area (TPSA) is 75.5 Å². The van der Waals surface area contributed by atoms with E-state index in [0.29, 0.717) is 0 Å². The Morgan fingerprint density at radius 3 is 1.76 bits per heavy atom. The largest absolute Gasteiger partial charge is 1.00 e. The van der Waals surface area contributed by atoms with Gasteiger partial charge in [0.05, 0.1) is 6.54 Å². The summed E-state index contributed by atoms with van der Waals surface area (Å²) < 4.78 is 0. The van der Waals surface area contributed by atoms with Gasteiger partial charge in [-0.1, -0.05) is 11.5 Å². The van der Waals surface area contributed by atoms with Crippen LogP contribution in [0.2, 0.25) is 0 Å². The van der Waals surface area contributed by atoms with E-state index in [4.69, 9.17) is 0 Å². The number of rotatable bonds is 5. The van der Waals surface area contributed by atoms with Gasteiger partial charge in [-0.3, -0.25) is 0 Å². The number of quaternary nitrogens is 2. The molecule has 158 valence electrons. The molecule has 0 saturated carbocycles. The van der Waals surface area contributed by atoms with Gasteiger partial charge in [0.15, 0.2) is 0 Å². The Labute approximate surface area is 182 Å². The smallest absolute Gasteiger partial charge is 0.132 e. The van der Waals surface area contributed by atoms with Crippen molar-refractivity contribution in [3.63, 3.8) is 0 Å². The fraction of sp³-hybridized carbons (Fsp3) is 0.250. The fourth-order valence-corrected chi connectivity index (χ4v) is 1.20. The lowest BCUT2D eigenvalue weighted by molar-refractivity contribution is -0.438. The molecule has 0 aliphatic heterocycles. The number of hydrogen-bond donors (Lipinski definition) is 3. The number of aliphatic hydroxyl groups excluding tert-OH is 1. The summed E-state index contributed by atoms with van der Waals surface area (Å²) >= 11 is 0. The molecule has 0 amide bonds. The van der Waals surface area contributed by atoms with Crippen LogP contribution in [0.3, 0.4) is 0 Å². The predicted molar refractivity (Wildman–Crippen MR) is 117 cm³/mol. The highest BCUT2D eigenvalue weighted by Crippen LogP contribution is 1.97. The number of hydrogen-bond acceptors (Lipinski definition) is 1. The first-order valence-electron chi connectivity index (χ1n) is 6.88. The molecule has 7 N–H and O–H groups in total.